The van der Waals surface area contributed by atoms with Crippen molar-refractivity contribution >= 4 is 17.5 Å². The van der Waals surface area contributed by atoms with Gasteiger partial charge in [0, 0.05) is 12.1 Å². The predicted octanol–water partition coefficient (Wildman–Crippen LogP) is 4.22. The fourth-order valence-corrected chi connectivity index (χ4v) is 2.73. The molecule has 0 bridgehead atoms. The van der Waals surface area contributed by atoms with Gasteiger partial charge < -0.3 is 19.7 Å². The molecule has 2 aromatic rings. The number of carbonyl (C=O) groups is 2. The molecule has 0 aromatic heterocycles. The van der Waals surface area contributed by atoms with Crippen LogP contribution in [0.4, 0.5) is 5.69 Å². The van der Waals surface area contributed by atoms with Crippen LogP contribution < -0.4 is 14.8 Å². The average Bonchev–Trinajstić information content (AvgIpc) is 2.72. The first kappa shape index (κ1) is 22.3. The molecule has 2 aromatic carbocycles. The number of nitrogens with one attached hydrogen (secondary N) is 1. The molecule has 6 nitrogen and oxygen atoms in total. The van der Waals surface area contributed by atoms with Gasteiger partial charge in [0.1, 0.15) is 18.0 Å². The van der Waals surface area contributed by atoms with Crippen LogP contribution >= 0.6 is 0 Å². The third-order valence-corrected chi connectivity index (χ3v) is 4.45. The molecule has 0 aliphatic rings. The van der Waals surface area contributed by atoms with Gasteiger partial charge in [0.25, 0.3) is 5.91 Å². The van der Waals surface area contributed by atoms with Crippen molar-refractivity contribution in [2.24, 2.45) is 5.92 Å². The molecule has 29 heavy (non-hydrogen) atoms. The SMILES string of the molecule is CCN(CC(=O)Nc1ccccc1OC)C(=O)c1ccc(OCCC(C)C)cc1. The van der Waals surface area contributed by atoms with Crippen molar-refractivity contribution in [1.82, 2.24) is 4.90 Å². The van der Waals surface area contributed by atoms with Crippen LogP contribution in [-0.4, -0.2) is 43.5 Å². The summed E-state index contributed by atoms with van der Waals surface area (Å²) in [5.41, 5.74) is 1.10. The number of anilines is 1. The summed E-state index contributed by atoms with van der Waals surface area (Å²) < 4.78 is 10.9. The normalized spacial score (nSPS) is 10.5. The first-order valence-corrected chi connectivity index (χ1v) is 9.89. The summed E-state index contributed by atoms with van der Waals surface area (Å²) in [6, 6.07) is 14.2. The van der Waals surface area contributed by atoms with Gasteiger partial charge in [0.15, 0.2) is 0 Å². The molecule has 0 saturated heterocycles. The van der Waals surface area contributed by atoms with E-state index >= 15 is 0 Å². The third kappa shape index (κ3) is 6.82. The van der Waals surface area contributed by atoms with E-state index in [1.54, 1.807) is 43.5 Å². The fraction of sp³-hybridized carbons (Fsp3) is 0.391. The van der Waals surface area contributed by atoms with Crippen LogP contribution in [0.15, 0.2) is 48.5 Å². The van der Waals surface area contributed by atoms with Crippen molar-refractivity contribution in [2.45, 2.75) is 27.2 Å². The Bertz CT molecular complexity index is 803. The molecule has 2 amide bonds. The maximum absolute atomic E-state index is 12.8. The Morgan fingerprint density at radius 2 is 1.76 bits per heavy atom. The Kier molecular flexibility index (Phi) is 8.52. The van der Waals surface area contributed by atoms with Crippen LogP contribution in [0.2, 0.25) is 0 Å². The molecule has 0 saturated carbocycles. The number of para-hydroxylation sites is 2. The van der Waals surface area contributed by atoms with Gasteiger partial charge in [-0.05, 0) is 55.7 Å². The second kappa shape index (κ2) is 11.1. The van der Waals surface area contributed by atoms with E-state index in [4.69, 9.17) is 9.47 Å². The number of nitrogens with zero attached hydrogens (tertiary/aromatic N) is 1. The van der Waals surface area contributed by atoms with Crippen molar-refractivity contribution in [1.29, 1.82) is 0 Å². The molecule has 1 N–H and O–H groups in total. The molecule has 6 heteroatoms. The van der Waals surface area contributed by atoms with E-state index in [0.29, 0.717) is 36.1 Å². The zero-order chi connectivity index (χ0) is 21.2. The maximum atomic E-state index is 12.8. The lowest BCUT2D eigenvalue weighted by atomic mass is 10.1. The smallest absolute Gasteiger partial charge is 0.254 e. The van der Waals surface area contributed by atoms with E-state index < -0.39 is 0 Å². The number of ether oxygens (including phenoxy) is 2. The molecular weight excluding hydrogens is 368 g/mol. The molecule has 0 unspecified atom stereocenters. The third-order valence-electron chi connectivity index (χ3n) is 4.45. The van der Waals surface area contributed by atoms with E-state index in [2.05, 4.69) is 19.2 Å². The van der Waals surface area contributed by atoms with E-state index in [9.17, 15) is 9.59 Å². The molecule has 0 heterocycles. The lowest BCUT2D eigenvalue weighted by molar-refractivity contribution is -0.116. The monoisotopic (exact) mass is 398 g/mol. The van der Waals surface area contributed by atoms with Crippen molar-refractivity contribution in [3.8, 4) is 11.5 Å². The Balaban J connectivity index is 1.96. The van der Waals surface area contributed by atoms with Crippen LogP contribution in [-0.2, 0) is 4.79 Å². The van der Waals surface area contributed by atoms with Crippen LogP contribution in [0.1, 0.15) is 37.6 Å². The summed E-state index contributed by atoms with van der Waals surface area (Å²) in [6.45, 7) is 7.17. The van der Waals surface area contributed by atoms with Crippen molar-refractivity contribution in [3.05, 3.63) is 54.1 Å². The van der Waals surface area contributed by atoms with Gasteiger partial charge in [-0.25, -0.2) is 0 Å². The van der Waals surface area contributed by atoms with Crippen LogP contribution in [0.5, 0.6) is 11.5 Å². The molecule has 156 valence electrons. The van der Waals surface area contributed by atoms with Gasteiger partial charge in [0.2, 0.25) is 5.91 Å². The number of likely N-dealkylation sites (N-methyl/N-ethyl adjacent to an activating group) is 1. The molecule has 0 spiro atoms. The van der Waals surface area contributed by atoms with Gasteiger partial charge in [-0.15, -0.1) is 0 Å². The Morgan fingerprint density at radius 1 is 1.07 bits per heavy atom. The fourth-order valence-electron chi connectivity index (χ4n) is 2.73. The number of carbonyl (C=O) groups excluding carboxylic acids is 2. The number of amides is 2. The average molecular weight is 399 g/mol. The van der Waals surface area contributed by atoms with Crippen LogP contribution in [0.3, 0.4) is 0 Å². The van der Waals surface area contributed by atoms with Crippen LogP contribution in [0.25, 0.3) is 0 Å². The zero-order valence-electron chi connectivity index (χ0n) is 17.6. The van der Waals surface area contributed by atoms with Gasteiger partial charge in [-0.2, -0.15) is 0 Å². The summed E-state index contributed by atoms with van der Waals surface area (Å²) in [5.74, 6) is 1.41. The van der Waals surface area contributed by atoms with Crippen molar-refractivity contribution in [3.63, 3.8) is 0 Å². The number of hydrogen-bond acceptors (Lipinski definition) is 4. The molecule has 0 fully saturated rings. The molecule has 0 atom stereocenters. The highest BCUT2D eigenvalue weighted by Gasteiger charge is 2.18. The summed E-state index contributed by atoms with van der Waals surface area (Å²) >= 11 is 0. The van der Waals surface area contributed by atoms with Gasteiger partial charge in [-0.3, -0.25) is 9.59 Å². The highest BCUT2D eigenvalue weighted by atomic mass is 16.5. The number of benzene rings is 2. The molecular formula is C23H30N2O4. The zero-order valence-corrected chi connectivity index (χ0v) is 17.6. The minimum absolute atomic E-state index is 0.0416. The highest BCUT2D eigenvalue weighted by Crippen LogP contribution is 2.23. The molecule has 0 aliphatic heterocycles. The number of methoxy groups -OCH3 is 1. The summed E-state index contributed by atoms with van der Waals surface area (Å²) in [6.07, 6.45) is 0.978. The number of rotatable bonds is 10. The van der Waals surface area contributed by atoms with E-state index in [-0.39, 0.29) is 18.4 Å². The topological polar surface area (TPSA) is 67.9 Å². The Labute approximate surface area is 172 Å². The van der Waals surface area contributed by atoms with Gasteiger partial charge in [0.05, 0.1) is 19.4 Å². The predicted molar refractivity (Wildman–Crippen MR) is 115 cm³/mol. The van der Waals surface area contributed by atoms with Crippen LogP contribution in [0, 0.1) is 5.92 Å². The van der Waals surface area contributed by atoms with Crippen molar-refractivity contribution in [2.75, 3.05) is 32.1 Å². The van der Waals surface area contributed by atoms with E-state index in [1.165, 1.54) is 4.90 Å². The molecule has 0 radical (unpaired) electrons. The first-order valence-electron chi connectivity index (χ1n) is 9.89. The standard InChI is InChI=1S/C23H30N2O4/c1-5-25(16-22(26)24-20-8-6-7-9-21(20)28-4)23(27)18-10-12-19(13-11-18)29-15-14-17(2)3/h6-13,17H,5,14-16H2,1-4H3,(H,24,26). The molecule has 0 aliphatic carbocycles. The molecule has 2 rings (SSSR count). The minimum Gasteiger partial charge on any atom is -0.495 e. The summed E-state index contributed by atoms with van der Waals surface area (Å²) in [4.78, 5) is 26.7. The summed E-state index contributed by atoms with van der Waals surface area (Å²) in [5, 5.41) is 2.80. The maximum Gasteiger partial charge on any atom is 0.254 e. The lowest BCUT2D eigenvalue weighted by Gasteiger charge is -2.21. The highest BCUT2D eigenvalue weighted by molar-refractivity contribution is 5.99. The van der Waals surface area contributed by atoms with E-state index in [1.807, 2.05) is 19.1 Å². The quantitative estimate of drug-likeness (QED) is 0.651. The lowest BCUT2D eigenvalue weighted by Crippen LogP contribution is -2.37. The number of hydrogen-bond donors (Lipinski definition) is 1. The van der Waals surface area contributed by atoms with E-state index in [0.717, 1.165) is 12.2 Å². The summed E-state index contributed by atoms with van der Waals surface area (Å²) in [7, 11) is 1.54. The largest absolute Gasteiger partial charge is 0.495 e. The minimum atomic E-state index is -0.279. The van der Waals surface area contributed by atoms with Gasteiger partial charge in [-0.1, -0.05) is 26.0 Å². The second-order valence-electron chi connectivity index (χ2n) is 7.12. The van der Waals surface area contributed by atoms with Crippen molar-refractivity contribution < 1.29 is 19.1 Å². The second-order valence-corrected chi connectivity index (χ2v) is 7.12. The Hall–Kier alpha value is -3.02. The first-order chi connectivity index (χ1) is 13.9. The Morgan fingerprint density at radius 3 is 2.38 bits per heavy atom. The van der Waals surface area contributed by atoms with Gasteiger partial charge >= 0.3 is 0 Å².